The first-order chi connectivity index (χ1) is 15.8. The van der Waals surface area contributed by atoms with Gasteiger partial charge >= 0.3 is 0 Å². The quantitative estimate of drug-likeness (QED) is 0.321. The molecule has 0 aliphatic heterocycles. The van der Waals surface area contributed by atoms with Gasteiger partial charge in [0.15, 0.2) is 11.7 Å². The summed E-state index contributed by atoms with van der Waals surface area (Å²) in [6, 6.07) is 17.1. The lowest BCUT2D eigenvalue weighted by molar-refractivity contribution is -0.121. The Labute approximate surface area is 202 Å². The predicted molar refractivity (Wildman–Crippen MR) is 137 cm³/mol. The molecule has 8 heteroatoms. The highest BCUT2D eigenvalue weighted by molar-refractivity contribution is 7.80. The SMILES string of the molecule is Cc1ccc(OCC(=O)NC(=S)Nc2cccc(-c3nc4cc(Cl)c(C)cc4[nH]3)c2)cc1C. The lowest BCUT2D eigenvalue weighted by atomic mass is 10.1. The van der Waals surface area contributed by atoms with Crippen molar-refractivity contribution >= 4 is 51.6 Å². The maximum atomic E-state index is 12.2. The van der Waals surface area contributed by atoms with Crippen LogP contribution in [0.25, 0.3) is 22.4 Å². The fraction of sp³-hybridized carbons (Fsp3) is 0.160. The van der Waals surface area contributed by atoms with Crippen molar-refractivity contribution in [3.05, 3.63) is 76.3 Å². The van der Waals surface area contributed by atoms with Gasteiger partial charge in [-0.15, -0.1) is 0 Å². The average Bonchev–Trinajstić information content (AvgIpc) is 3.17. The molecule has 168 valence electrons. The number of rotatable bonds is 5. The number of nitrogens with one attached hydrogen (secondary N) is 3. The van der Waals surface area contributed by atoms with Crippen molar-refractivity contribution in [3.63, 3.8) is 0 Å². The fourth-order valence-corrected chi connectivity index (χ4v) is 3.69. The highest BCUT2D eigenvalue weighted by Crippen LogP contribution is 2.26. The largest absolute Gasteiger partial charge is 0.484 e. The molecule has 1 aromatic heterocycles. The second-order valence-corrected chi connectivity index (χ2v) is 8.64. The minimum absolute atomic E-state index is 0.134. The van der Waals surface area contributed by atoms with Crippen LogP contribution >= 0.6 is 23.8 Å². The molecule has 0 saturated heterocycles. The van der Waals surface area contributed by atoms with Gasteiger partial charge in [-0.3, -0.25) is 10.1 Å². The van der Waals surface area contributed by atoms with E-state index in [0.717, 1.165) is 33.4 Å². The number of aromatic nitrogens is 2. The summed E-state index contributed by atoms with van der Waals surface area (Å²) in [5.41, 5.74) is 6.56. The minimum atomic E-state index is -0.341. The number of thiocarbonyl (C=S) groups is 1. The van der Waals surface area contributed by atoms with Gasteiger partial charge in [0.25, 0.3) is 5.91 Å². The summed E-state index contributed by atoms with van der Waals surface area (Å²) in [5, 5.41) is 6.53. The van der Waals surface area contributed by atoms with E-state index in [4.69, 9.17) is 28.6 Å². The number of ether oxygens (including phenoxy) is 1. The molecular weight excluding hydrogens is 456 g/mol. The standard InChI is InChI=1S/C25H23ClN4O2S/c1-14-7-8-19(9-15(14)2)32-13-23(31)30-25(33)27-18-6-4-5-17(11-18)24-28-21-10-16(3)20(26)12-22(21)29-24/h4-12H,13H2,1-3H3,(H,28,29)(H2,27,30,31,33). The Morgan fingerprint density at radius 3 is 2.67 bits per heavy atom. The number of carbonyl (C=O) groups is 1. The van der Waals surface area contributed by atoms with Gasteiger partial charge in [0, 0.05) is 16.3 Å². The van der Waals surface area contributed by atoms with Crippen LogP contribution in [-0.2, 0) is 4.79 Å². The number of benzene rings is 3. The molecule has 0 bridgehead atoms. The zero-order chi connectivity index (χ0) is 23.5. The second-order valence-electron chi connectivity index (χ2n) is 7.82. The molecule has 1 amide bonds. The number of imidazole rings is 1. The maximum absolute atomic E-state index is 12.2. The molecule has 0 atom stereocenters. The van der Waals surface area contributed by atoms with Crippen LogP contribution in [0, 0.1) is 20.8 Å². The van der Waals surface area contributed by atoms with Gasteiger partial charge < -0.3 is 15.0 Å². The van der Waals surface area contributed by atoms with Crippen molar-refractivity contribution in [2.75, 3.05) is 11.9 Å². The van der Waals surface area contributed by atoms with Crippen molar-refractivity contribution in [1.82, 2.24) is 15.3 Å². The summed E-state index contributed by atoms with van der Waals surface area (Å²) in [7, 11) is 0. The van der Waals surface area contributed by atoms with Gasteiger partial charge in [0.1, 0.15) is 11.6 Å². The summed E-state index contributed by atoms with van der Waals surface area (Å²) >= 11 is 11.5. The van der Waals surface area contributed by atoms with Crippen LogP contribution in [0.15, 0.2) is 54.6 Å². The molecule has 0 saturated carbocycles. The van der Waals surface area contributed by atoms with Crippen LogP contribution in [0.5, 0.6) is 5.75 Å². The Bertz CT molecular complexity index is 1330. The predicted octanol–water partition coefficient (Wildman–Crippen LogP) is 5.70. The summed E-state index contributed by atoms with van der Waals surface area (Å²) < 4.78 is 5.56. The van der Waals surface area contributed by atoms with Gasteiger partial charge in [0.05, 0.1) is 11.0 Å². The highest BCUT2D eigenvalue weighted by Gasteiger charge is 2.10. The van der Waals surface area contributed by atoms with E-state index < -0.39 is 0 Å². The van der Waals surface area contributed by atoms with Crippen LogP contribution in [0.1, 0.15) is 16.7 Å². The molecule has 0 spiro atoms. The first-order valence-corrected chi connectivity index (χ1v) is 11.1. The smallest absolute Gasteiger partial charge is 0.264 e. The van der Waals surface area contributed by atoms with E-state index >= 15 is 0 Å². The molecule has 0 radical (unpaired) electrons. The first-order valence-electron chi connectivity index (χ1n) is 10.4. The average molecular weight is 479 g/mol. The lowest BCUT2D eigenvalue weighted by Gasteiger charge is -2.11. The Kier molecular flexibility index (Phi) is 6.62. The number of fused-ring (bicyclic) bond motifs is 1. The van der Waals surface area contributed by atoms with Crippen LogP contribution in [0.2, 0.25) is 5.02 Å². The number of H-pyrrole nitrogens is 1. The van der Waals surface area contributed by atoms with E-state index in [-0.39, 0.29) is 17.6 Å². The Hall–Kier alpha value is -3.42. The number of anilines is 1. The molecule has 3 N–H and O–H groups in total. The van der Waals surface area contributed by atoms with E-state index in [1.807, 2.05) is 75.4 Å². The normalized spacial score (nSPS) is 10.8. The summed E-state index contributed by atoms with van der Waals surface area (Å²) in [5.74, 6) is 1.01. The molecule has 0 unspecified atom stereocenters. The van der Waals surface area contributed by atoms with Crippen molar-refractivity contribution in [3.8, 4) is 17.1 Å². The monoisotopic (exact) mass is 478 g/mol. The molecule has 4 aromatic rings. The van der Waals surface area contributed by atoms with Crippen molar-refractivity contribution < 1.29 is 9.53 Å². The summed E-state index contributed by atoms with van der Waals surface area (Å²) in [6.45, 7) is 5.84. The molecule has 4 rings (SSSR count). The van der Waals surface area contributed by atoms with Crippen LogP contribution in [0.3, 0.4) is 0 Å². The molecule has 6 nitrogen and oxygen atoms in total. The number of halogens is 1. The number of amides is 1. The molecule has 1 heterocycles. The third-order valence-electron chi connectivity index (χ3n) is 5.26. The van der Waals surface area contributed by atoms with E-state index in [9.17, 15) is 4.79 Å². The molecule has 33 heavy (non-hydrogen) atoms. The van der Waals surface area contributed by atoms with E-state index in [2.05, 4.69) is 20.6 Å². The number of hydrogen-bond acceptors (Lipinski definition) is 4. The highest BCUT2D eigenvalue weighted by atomic mass is 35.5. The van der Waals surface area contributed by atoms with Crippen LogP contribution < -0.4 is 15.4 Å². The topological polar surface area (TPSA) is 79.0 Å². The van der Waals surface area contributed by atoms with E-state index in [1.165, 1.54) is 5.56 Å². The van der Waals surface area contributed by atoms with Crippen molar-refractivity contribution in [1.29, 1.82) is 0 Å². The third kappa shape index (κ3) is 5.50. The molecular formula is C25H23ClN4O2S. The first kappa shape index (κ1) is 22.8. The number of aryl methyl sites for hydroxylation is 3. The maximum Gasteiger partial charge on any atom is 0.264 e. The number of hydrogen-bond donors (Lipinski definition) is 3. The zero-order valence-electron chi connectivity index (χ0n) is 18.5. The molecule has 0 aliphatic rings. The van der Waals surface area contributed by atoms with Gasteiger partial charge in [-0.05, 0) is 86.1 Å². The molecule has 0 aliphatic carbocycles. The number of aromatic amines is 1. The van der Waals surface area contributed by atoms with Gasteiger partial charge in [-0.1, -0.05) is 29.8 Å². The number of carbonyl (C=O) groups excluding carboxylic acids is 1. The van der Waals surface area contributed by atoms with E-state index in [0.29, 0.717) is 16.6 Å². The van der Waals surface area contributed by atoms with Gasteiger partial charge in [-0.25, -0.2) is 4.98 Å². The summed E-state index contributed by atoms with van der Waals surface area (Å²) in [6.07, 6.45) is 0. The fourth-order valence-electron chi connectivity index (χ4n) is 3.30. The number of nitrogens with zero attached hydrogens (tertiary/aromatic N) is 1. The van der Waals surface area contributed by atoms with Gasteiger partial charge in [-0.2, -0.15) is 0 Å². The Balaban J connectivity index is 1.38. The second kappa shape index (κ2) is 9.60. The summed E-state index contributed by atoms with van der Waals surface area (Å²) in [4.78, 5) is 20.2. The third-order valence-corrected chi connectivity index (χ3v) is 5.87. The van der Waals surface area contributed by atoms with Crippen LogP contribution in [0.4, 0.5) is 5.69 Å². The minimum Gasteiger partial charge on any atom is -0.484 e. The van der Waals surface area contributed by atoms with Crippen molar-refractivity contribution in [2.24, 2.45) is 0 Å². The lowest BCUT2D eigenvalue weighted by Crippen LogP contribution is -2.37. The van der Waals surface area contributed by atoms with Gasteiger partial charge in [0.2, 0.25) is 0 Å². The van der Waals surface area contributed by atoms with Crippen molar-refractivity contribution in [2.45, 2.75) is 20.8 Å². The van der Waals surface area contributed by atoms with Crippen LogP contribution in [-0.4, -0.2) is 27.6 Å². The molecule has 0 fully saturated rings. The molecule has 3 aromatic carbocycles. The Morgan fingerprint density at radius 2 is 1.88 bits per heavy atom. The zero-order valence-corrected chi connectivity index (χ0v) is 20.0. The van der Waals surface area contributed by atoms with E-state index in [1.54, 1.807) is 0 Å². The Morgan fingerprint density at radius 1 is 1.06 bits per heavy atom.